The van der Waals surface area contributed by atoms with Crippen LogP contribution in [0, 0.1) is 20.8 Å². The molecule has 2 aromatic rings. The van der Waals surface area contributed by atoms with Gasteiger partial charge in [-0.1, -0.05) is 6.07 Å². The molecule has 0 aliphatic rings. The second kappa shape index (κ2) is 5.19. The summed E-state index contributed by atoms with van der Waals surface area (Å²) in [5.74, 6) is 1.29. The zero-order valence-electron chi connectivity index (χ0n) is 10.9. The normalized spacial score (nSPS) is 10.4. The van der Waals surface area contributed by atoms with E-state index in [1.165, 1.54) is 0 Å². The number of ether oxygens (including phenoxy) is 1. The number of aromatic nitrogens is 1. The molecule has 2 rings (SSSR count). The molecule has 0 radical (unpaired) electrons. The molecule has 1 aromatic carbocycles. The Labute approximate surface area is 107 Å². The van der Waals surface area contributed by atoms with Gasteiger partial charge in [-0.25, -0.2) is 4.98 Å². The van der Waals surface area contributed by atoms with Gasteiger partial charge < -0.3 is 9.84 Å². The Kier molecular flexibility index (Phi) is 3.63. The Balaban J connectivity index is 2.30. The van der Waals surface area contributed by atoms with Gasteiger partial charge in [0.25, 0.3) is 0 Å². The number of aryl methyl sites for hydroxylation is 3. The molecule has 3 heteroatoms. The highest BCUT2D eigenvalue weighted by molar-refractivity contribution is 5.36. The van der Waals surface area contributed by atoms with Gasteiger partial charge in [-0.2, -0.15) is 0 Å². The highest BCUT2D eigenvalue weighted by atomic mass is 16.5. The summed E-state index contributed by atoms with van der Waals surface area (Å²) in [5.41, 5.74) is 3.95. The Morgan fingerprint density at radius 3 is 2.28 bits per heavy atom. The van der Waals surface area contributed by atoms with Gasteiger partial charge in [0.15, 0.2) is 0 Å². The van der Waals surface area contributed by atoms with Crippen molar-refractivity contribution >= 4 is 0 Å². The number of benzene rings is 1. The van der Waals surface area contributed by atoms with Crippen LogP contribution in [0.3, 0.4) is 0 Å². The van der Waals surface area contributed by atoms with Crippen LogP contribution < -0.4 is 4.74 Å². The molecule has 1 N–H and O–H groups in total. The minimum absolute atomic E-state index is 0.00738. The van der Waals surface area contributed by atoms with E-state index in [9.17, 15) is 0 Å². The summed E-state index contributed by atoms with van der Waals surface area (Å²) < 4.78 is 5.74. The van der Waals surface area contributed by atoms with E-state index in [0.717, 1.165) is 28.1 Å². The summed E-state index contributed by atoms with van der Waals surface area (Å²) in [6.45, 7) is 5.94. The SMILES string of the molecule is Cc1cc(C)cc(Oc2cc(CO)cc(C)n2)c1. The number of rotatable bonds is 3. The smallest absolute Gasteiger partial charge is 0.219 e. The van der Waals surface area contributed by atoms with Crippen LogP contribution in [-0.4, -0.2) is 10.1 Å². The number of nitrogens with zero attached hydrogens (tertiary/aromatic N) is 1. The second-order valence-corrected chi connectivity index (χ2v) is 4.54. The highest BCUT2D eigenvalue weighted by Crippen LogP contribution is 2.23. The summed E-state index contributed by atoms with van der Waals surface area (Å²) in [4.78, 5) is 4.30. The fourth-order valence-corrected chi connectivity index (χ4v) is 1.96. The van der Waals surface area contributed by atoms with Crippen molar-refractivity contribution in [3.8, 4) is 11.6 Å². The maximum atomic E-state index is 9.16. The van der Waals surface area contributed by atoms with Crippen molar-refractivity contribution in [2.24, 2.45) is 0 Å². The van der Waals surface area contributed by atoms with E-state index in [0.29, 0.717) is 5.88 Å². The molecule has 18 heavy (non-hydrogen) atoms. The summed E-state index contributed by atoms with van der Waals surface area (Å²) in [6.07, 6.45) is 0. The van der Waals surface area contributed by atoms with Gasteiger partial charge in [-0.15, -0.1) is 0 Å². The minimum atomic E-state index is -0.00738. The summed E-state index contributed by atoms with van der Waals surface area (Å²) >= 11 is 0. The van der Waals surface area contributed by atoms with E-state index in [2.05, 4.69) is 11.1 Å². The van der Waals surface area contributed by atoms with Crippen molar-refractivity contribution in [1.29, 1.82) is 0 Å². The van der Waals surface area contributed by atoms with Crippen LogP contribution in [0.15, 0.2) is 30.3 Å². The quantitative estimate of drug-likeness (QED) is 0.899. The fourth-order valence-electron chi connectivity index (χ4n) is 1.96. The van der Waals surface area contributed by atoms with Crippen LogP contribution in [0.25, 0.3) is 0 Å². The van der Waals surface area contributed by atoms with Crippen molar-refractivity contribution in [3.63, 3.8) is 0 Å². The van der Waals surface area contributed by atoms with Crippen molar-refractivity contribution < 1.29 is 9.84 Å². The zero-order valence-corrected chi connectivity index (χ0v) is 10.9. The van der Waals surface area contributed by atoms with Gasteiger partial charge in [-0.3, -0.25) is 0 Å². The molecule has 1 aromatic heterocycles. The van der Waals surface area contributed by atoms with Crippen molar-refractivity contribution in [2.75, 3.05) is 0 Å². The lowest BCUT2D eigenvalue weighted by Crippen LogP contribution is -1.94. The lowest BCUT2D eigenvalue weighted by atomic mass is 10.1. The third-order valence-corrected chi connectivity index (χ3v) is 2.59. The lowest BCUT2D eigenvalue weighted by molar-refractivity contribution is 0.281. The van der Waals surface area contributed by atoms with Crippen LogP contribution in [0.2, 0.25) is 0 Å². The maximum absolute atomic E-state index is 9.16. The van der Waals surface area contributed by atoms with Gasteiger partial charge in [0, 0.05) is 11.8 Å². The molecule has 0 atom stereocenters. The van der Waals surface area contributed by atoms with E-state index >= 15 is 0 Å². The first-order chi connectivity index (χ1) is 8.56. The van der Waals surface area contributed by atoms with E-state index in [1.807, 2.05) is 39.0 Å². The molecule has 0 amide bonds. The fraction of sp³-hybridized carbons (Fsp3) is 0.267. The molecule has 94 valence electrons. The van der Waals surface area contributed by atoms with Crippen molar-refractivity contribution in [2.45, 2.75) is 27.4 Å². The summed E-state index contributed by atoms with van der Waals surface area (Å²) in [6, 6.07) is 9.62. The molecule has 0 saturated heterocycles. The average molecular weight is 243 g/mol. The summed E-state index contributed by atoms with van der Waals surface area (Å²) in [5, 5.41) is 9.16. The predicted molar refractivity (Wildman–Crippen MR) is 70.9 cm³/mol. The molecule has 0 unspecified atom stereocenters. The van der Waals surface area contributed by atoms with Gasteiger partial charge >= 0.3 is 0 Å². The molecule has 0 saturated carbocycles. The molecular weight excluding hydrogens is 226 g/mol. The van der Waals surface area contributed by atoms with Crippen LogP contribution >= 0.6 is 0 Å². The van der Waals surface area contributed by atoms with E-state index in [-0.39, 0.29) is 6.61 Å². The first kappa shape index (κ1) is 12.6. The Bertz CT molecular complexity index is 544. The first-order valence-electron chi connectivity index (χ1n) is 5.91. The lowest BCUT2D eigenvalue weighted by Gasteiger charge is -2.09. The first-order valence-corrected chi connectivity index (χ1v) is 5.91. The topological polar surface area (TPSA) is 42.4 Å². The standard InChI is InChI=1S/C15H17NO2/c1-10-4-11(2)6-14(5-10)18-15-8-13(9-17)7-12(3)16-15/h4-8,17H,9H2,1-3H3. The molecule has 0 bridgehead atoms. The Morgan fingerprint density at radius 2 is 1.67 bits per heavy atom. The molecule has 1 heterocycles. The maximum Gasteiger partial charge on any atom is 0.219 e. The summed E-state index contributed by atoms with van der Waals surface area (Å²) in [7, 11) is 0. The predicted octanol–water partition coefficient (Wildman–Crippen LogP) is 3.29. The molecule has 0 aliphatic carbocycles. The van der Waals surface area contributed by atoms with E-state index in [1.54, 1.807) is 6.07 Å². The number of aliphatic hydroxyl groups is 1. The van der Waals surface area contributed by atoms with Crippen LogP contribution in [0.5, 0.6) is 11.6 Å². The Morgan fingerprint density at radius 1 is 1.00 bits per heavy atom. The van der Waals surface area contributed by atoms with E-state index in [4.69, 9.17) is 9.84 Å². The largest absolute Gasteiger partial charge is 0.439 e. The van der Waals surface area contributed by atoms with Gasteiger partial charge in [0.1, 0.15) is 5.75 Å². The second-order valence-electron chi connectivity index (χ2n) is 4.54. The van der Waals surface area contributed by atoms with Crippen LogP contribution in [0.1, 0.15) is 22.4 Å². The monoisotopic (exact) mass is 243 g/mol. The van der Waals surface area contributed by atoms with E-state index < -0.39 is 0 Å². The number of aliphatic hydroxyl groups excluding tert-OH is 1. The van der Waals surface area contributed by atoms with Gasteiger partial charge in [-0.05, 0) is 55.7 Å². The third kappa shape index (κ3) is 3.08. The molecule has 0 aliphatic heterocycles. The minimum Gasteiger partial charge on any atom is -0.439 e. The molecule has 3 nitrogen and oxygen atoms in total. The van der Waals surface area contributed by atoms with Crippen LogP contribution in [-0.2, 0) is 6.61 Å². The number of hydrogen-bond acceptors (Lipinski definition) is 3. The zero-order chi connectivity index (χ0) is 13.1. The molecule has 0 spiro atoms. The van der Waals surface area contributed by atoms with Crippen molar-refractivity contribution in [1.82, 2.24) is 4.98 Å². The number of pyridine rings is 1. The van der Waals surface area contributed by atoms with Gasteiger partial charge in [0.2, 0.25) is 5.88 Å². The van der Waals surface area contributed by atoms with Crippen LogP contribution in [0.4, 0.5) is 0 Å². The van der Waals surface area contributed by atoms with Crippen molar-refractivity contribution in [3.05, 3.63) is 52.7 Å². The van der Waals surface area contributed by atoms with Gasteiger partial charge in [0.05, 0.1) is 6.61 Å². The molecular formula is C15H17NO2. The highest BCUT2D eigenvalue weighted by Gasteiger charge is 2.03. The molecule has 0 fully saturated rings. The average Bonchev–Trinajstić information content (AvgIpc) is 2.26. The Hall–Kier alpha value is -1.87. The third-order valence-electron chi connectivity index (χ3n) is 2.59. The number of hydrogen-bond donors (Lipinski definition) is 1.